The Morgan fingerprint density at radius 3 is 2.50 bits per heavy atom. The highest BCUT2D eigenvalue weighted by atomic mass is 16.5. The number of ether oxygens (including phenoxy) is 1. The summed E-state index contributed by atoms with van der Waals surface area (Å²) >= 11 is 0. The van der Waals surface area contributed by atoms with E-state index in [0.717, 1.165) is 42.5 Å². The van der Waals surface area contributed by atoms with Crippen molar-refractivity contribution in [2.24, 2.45) is 5.92 Å². The van der Waals surface area contributed by atoms with E-state index in [9.17, 15) is 9.59 Å². The Morgan fingerprint density at radius 2 is 1.75 bits per heavy atom. The summed E-state index contributed by atoms with van der Waals surface area (Å²) in [6, 6.07) is 27.9. The Kier molecular flexibility index (Phi) is 7.16. The van der Waals surface area contributed by atoms with E-state index < -0.39 is 0 Å². The van der Waals surface area contributed by atoms with Crippen molar-refractivity contribution >= 4 is 11.8 Å². The monoisotopic (exact) mass is 534 g/mol. The van der Waals surface area contributed by atoms with Gasteiger partial charge in [0.05, 0.1) is 6.04 Å². The van der Waals surface area contributed by atoms with E-state index in [1.165, 1.54) is 11.1 Å². The van der Waals surface area contributed by atoms with Crippen LogP contribution in [0.4, 0.5) is 0 Å². The maximum Gasteiger partial charge on any atom is 0.289 e. The van der Waals surface area contributed by atoms with E-state index in [0.29, 0.717) is 18.1 Å². The second kappa shape index (κ2) is 11.0. The molecule has 6 rings (SSSR count). The van der Waals surface area contributed by atoms with Crippen molar-refractivity contribution < 1.29 is 18.7 Å². The molecular formula is C34H34N2O4. The molecule has 0 saturated heterocycles. The van der Waals surface area contributed by atoms with Crippen molar-refractivity contribution in [3.63, 3.8) is 0 Å². The largest absolute Gasteiger partial charge is 0.486 e. The van der Waals surface area contributed by atoms with Crippen molar-refractivity contribution in [2.75, 3.05) is 13.6 Å². The summed E-state index contributed by atoms with van der Waals surface area (Å²) in [6.07, 6.45) is 2.81. The number of aryl methyl sites for hydroxylation is 1. The van der Waals surface area contributed by atoms with Crippen molar-refractivity contribution in [1.29, 1.82) is 0 Å². The molecule has 1 aromatic heterocycles. The van der Waals surface area contributed by atoms with Crippen LogP contribution in [0.1, 0.15) is 63.0 Å². The molecule has 40 heavy (non-hydrogen) atoms. The third-order valence-electron chi connectivity index (χ3n) is 7.81. The Balaban J connectivity index is 1.18. The van der Waals surface area contributed by atoms with Crippen LogP contribution in [-0.2, 0) is 24.4 Å². The van der Waals surface area contributed by atoms with Gasteiger partial charge in [-0.15, -0.1) is 0 Å². The zero-order chi connectivity index (χ0) is 27.6. The fraction of sp³-hybridized carbons (Fsp3) is 0.294. The number of hydrogen-bond donors (Lipinski definition) is 0. The molecule has 6 heteroatoms. The molecule has 0 bridgehead atoms. The highest BCUT2D eigenvalue weighted by molar-refractivity contribution is 5.91. The van der Waals surface area contributed by atoms with E-state index in [-0.39, 0.29) is 36.1 Å². The van der Waals surface area contributed by atoms with Crippen LogP contribution in [0.15, 0.2) is 89.3 Å². The number of carbonyl (C=O) groups excluding carboxylic acids is 2. The van der Waals surface area contributed by atoms with Gasteiger partial charge in [-0.05, 0) is 72.7 Å². The molecule has 1 aliphatic heterocycles. The summed E-state index contributed by atoms with van der Waals surface area (Å²) in [5.41, 5.74) is 5.72. The fourth-order valence-electron chi connectivity index (χ4n) is 5.44. The standard InChI is InChI=1S/C34H34N2O4/c1-23-8-10-26(11-9-23)32-30-20-28(15-14-25(30)18-19-36(32)33(37)27-12-13-27)39-22-29-16-17-31(40-29)34(38)35(2)21-24-6-4-3-5-7-24/h3-11,14-17,20,27,32H,12-13,18-19,21-22H2,1-2H3/t32-/m1/s1. The molecule has 1 aliphatic carbocycles. The summed E-state index contributed by atoms with van der Waals surface area (Å²) in [7, 11) is 1.77. The van der Waals surface area contributed by atoms with E-state index in [1.807, 2.05) is 36.4 Å². The van der Waals surface area contributed by atoms with Crippen LogP contribution in [0.2, 0.25) is 0 Å². The van der Waals surface area contributed by atoms with Gasteiger partial charge >= 0.3 is 0 Å². The number of rotatable bonds is 8. The van der Waals surface area contributed by atoms with Gasteiger partial charge in [-0.3, -0.25) is 9.59 Å². The quantitative estimate of drug-likeness (QED) is 0.265. The topological polar surface area (TPSA) is 63.0 Å². The molecule has 1 saturated carbocycles. The average Bonchev–Trinajstić information content (AvgIpc) is 3.73. The lowest BCUT2D eigenvalue weighted by Gasteiger charge is -2.38. The van der Waals surface area contributed by atoms with Crippen LogP contribution in [0.5, 0.6) is 5.75 Å². The summed E-state index contributed by atoms with van der Waals surface area (Å²) in [4.78, 5) is 29.9. The lowest BCUT2D eigenvalue weighted by molar-refractivity contribution is -0.134. The van der Waals surface area contributed by atoms with Gasteiger partial charge in [0.15, 0.2) is 5.76 Å². The highest BCUT2D eigenvalue weighted by Gasteiger charge is 2.39. The maximum absolute atomic E-state index is 13.3. The highest BCUT2D eigenvalue weighted by Crippen LogP contribution is 2.41. The third kappa shape index (κ3) is 5.53. The number of benzene rings is 3. The lowest BCUT2D eigenvalue weighted by Crippen LogP contribution is -2.41. The van der Waals surface area contributed by atoms with Gasteiger partial charge in [0, 0.05) is 26.1 Å². The first-order valence-electron chi connectivity index (χ1n) is 14.0. The molecule has 2 amide bonds. The molecule has 1 atom stereocenters. The van der Waals surface area contributed by atoms with Crippen molar-refractivity contribution in [3.8, 4) is 5.75 Å². The van der Waals surface area contributed by atoms with Crippen LogP contribution < -0.4 is 4.74 Å². The van der Waals surface area contributed by atoms with E-state index in [2.05, 4.69) is 48.2 Å². The first-order valence-corrected chi connectivity index (χ1v) is 14.0. The fourth-order valence-corrected chi connectivity index (χ4v) is 5.44. The van der Waals surface area contributed by atoms with E-state index in [1.54, 1.807) is 24.1 Å². The number of furan rings is 1. The zero-order valence-corrected chi connectivity index (χ0v) is 23.0. The Labute approximate surface area is 235 Å². The molecule has 0 spiro atoms. The van der Waals surface area contributed by atoms with Gasteiger partial charge in [0.25, 0.3) is 5.91 Å². The number of carbonyl (C=O) groups is 2. The minimum Gasteiger partial charge on any atom is -0.486 e. The minimum atomic E-state index is -0.176. The van der Waals surface area contributed by atoms with Gasteiger partial charge in [-0.1, -0.05) is 66.2 Å². The summed E-state index contributed by atoms with van der Waals surface area (Å²) in [5, 5.41) is 0. The van der Waals surface area contributed by atoms with Gasteiger partial charge in [0.2, 0.25) is 5.91 Å². The molecule has 3 aromatic carbocycles. The molecule has 2 heterocycles. The second-order valence-corrected chi connectivity index (χ2v) is 10.9. The smallest absolute Gasteiger partial charge is 0.289 e. The van der Waals surface area contributed by atoms with Gasteiger partial charge in [0.1, 0.15) is 18.1 Å². The van der Waals surface area contributed by atoms with Crippen molar-refractivity contribution in [2.45, 2.75) is 45.4 Å². The van der Waals surface area contributed by atoms with E-state index >= 15 is 0 Å². The minimum absolute atomic E-state index is 0.131. The average molecular weight is 535 g/mol. The molecule has 6 nitrogen and oxygen atoms in total. The molecule has 2 aliphatic rings. The van der Waals surface area contributed by atoms with Crippen LogP contribution in [0.25, 0.3) is 0 Å². The third-order valence-corrected chi connectivity index (χ3v) is 7.81. The van der Waals surface area contributed by atoms with Crippen molar-refractivity contribution in [1.82, 2.24) is 9.80 Å². The normalized spacial score (nSPS) is 16.4. The van der Waals surface area contributed by atoms with Gasteiger partial charge in [-0.2, -0.15) is 0 Å². The van der Waals surface area contributed by atoms with Gasteiger partial charge in [-0.25, -0.2) is 0 Å². The number of amides is 2. The zero-order valence-electron chi connectivity index (χ0n) is 23.0. The Bertz CT molecular complexity index is 1500. The first kappa shape index (κ1) is 25.9. The number of fused-ring (bicyclic) bond motifs is 1. The van der Waals surface area contributed by atoms with E-state index in [4.69, 9.17) is 9.15 Å². The predicted molar refractivity (Wildman–Crippen MR) is 153 cm³/mol. The molecule has 204 valence electrons. The molecule has 0 N–H and O–H groups in total. The molecule has 0 unspecified atom stereocenters. The summed E-state index contributed by atoms with van der Waals surface area (Å²) < 4.78 is 12.0. The SMILES string of the molecule is Cc1ccc([C@@H]2c3cc(OCc4ccc(C(=O)N(C)Cc5ccccc5)o4)ccc3CCN2C(=O)C2CC2)cc1. The Morgan fingerprint density at radius 1 is 0.975 bits per heavy atom. The van der Waals surface area contributed by atoms with Crippen LogP contribution in [0.3, 0.4) is 0 Å². The molecule has 4 aromatic rings. The number of nitrogens with zero attached hydrogens (tertiary/aromatic N) is 2. The predicted octanol–water partition coefficient (Wildman–Crippen LogP) is 6.32. The van der Waals surface area contributed by atoms with Crippen LogP contribution in [0, 0.1) is 12.8 Å². The maximum atomic E-state index is 13.3. The van der Waals surface area contributed by atoms with Crippen LogP contribution in [-0.4, -0.2) is 35.2 Å². The lowest BCUT2D eigenvalue weighted by atomic mass is 9.87. The molecule has 1 fully saturated rings. The first-order chi connectivity index (χ1) is 19.5. The molecular weight excluding hydrogens is 500 g/mol. The number of hydrogen-bond acceptors (Lipinski definition) is 4. The molecule has 0 radical (unpaired) electrons. The van der Waals surface area contributed by atoms with Crippen LogP contribution >= 0.6 is 0 Å². The summed E-state index contributed by atoms with van der Waals surface area (Å²) in [5.74, 6) is 1.82. The second-order valence-electron chi connectivity index (χ2n) is 10.9. The van der Waals surface area contributed by atoms with Crippen molar-refractivity contribution in [3.05, 3.63) is 124 Å². The summed E-state index contributed by atoms with van der Waals surface area (Å²) in [6.45, 7) is 3.51. The van der Waals surface area contributed by atoms with Gasteiger partial charge < -0.3 is 19.0 Å². The Hall–Kier alpha value is -4.32.